The molecule has 2 aromatic rings. The highest BCUT2D eigenvalue weighted by Crippen LogP contribution is 2.31. The van der Waals surface area contributed by atoms with E-state index in [9.17, 15) is 5.11 Å². The SMILES string of the molecule is Oc1pccc2ccccc12. The number of hydrogen-bond acceptors (Lipinski definition) is 1. The molecule has 1 aromatic carbocycles. The van der Waals surface area contributed by atoms with Gasteiger partial charge >= 0.3 is 0 Å². The normalized spacial score (nSPS) is 10.9. The predicted octanol–water partition coefficient (Wildman–Crippen LogP) is 3.13. The summed E-state index contributed by atoms with van der Waals surface area (Å²) >= 11 is 0. The largest absolute Gasteiger partial charge is 0.503 e. The van der Waals surface area contributed by atoms with Gasteiger partial charge in [0.25, 0.3) is 0 Å². The molecule has 0 aliphatic carbocycles. The summed E-state index contributed by atoms with van der Waals surface area (Å²) in [6, 6.07) is 9.86. The first-order chi connectivity index (χ1) is 5.38. The van der Waals surface area contributed by atoms with Crippen molar-refractivity contribution in [1.29, 1.82) is 0 Å². The van der Waals surface area contributed by atoms with Crippen LogP contribution in [0.5, 0.6) is 5.48 Å². The Hall–Kier alpha value is -1.07. The topological polar surface area (TPSA) is 20.2 Å². The Labute approximate surface area is 66.4 Å². The number of rotatable bonds is 0. The zero-order valence-electron chi connectivity index (χ0n) is 5.86. The first-order valence-corrected chi connectivity index (χ1v) is 4.37. The zero-order valence-corrected chi connectivity index (χ0v) is 6.75. The molecule has 1 heterocycles. The Kier molecular flexibility index (Phi) is 1.52. The van der Waals surface area contributed by atoms with Gasteiger partial charge in [0.1, 0.15) is 5.48 Å². The van der Waals surface area contributed by atoms with Crippen LogP contribution < -0.4 is 0 Å². The molecule has 0 unspecified atom stereocenters. The summed E-state index contributed by atoms with van der Waals surface area (Å²) in [6.07, 6.45) is 0. The molecule has 0 atom stereocenters. The van der Waals surface area contributed by atoms with Gasteiger partial charge in [0.15, 0.2) is 0 Å². The van der Waals surface area contributed by atoms with Crippen molar-refractivity contribution in [2.45, 2.75) is 0 Å². The first kappa shape index (κ1) is 6.63. The van der Waals surface area contributed by atoms with Gasteiger partial charge in [-0.1, -0.05) is 24.3 Å². The number of hydrogen-bond donors (Lipinski definition) is 1. The van der Waals surface area contributed by atoms with Crippen LogP contribution in [0.2, 0.25) is 0 Å². The minimum atomic E-state index is 0.447. The van der Waals surface area contributed by atoms with Crippen LogP contribution in [0.15, 0.2) is 36.1 Å². The fraction of sp³-hybridized carbons (Fsp3) is 0. The molecule has 0 bridgehead atoms. The van der Waals surface area contributed by atoms with Crippen molar-refractivity contribution in [1.82, 2.24) is 0 Å². The maximum atomic E-state index is 9.41. The average Bonchev–Trinajstić information content (AvgIpc) is 2.06. The van der Waals surface area contributed by atoms with E-state index in [4.69, 9.17) is 0 Å². The van der Waals surface area contributed by atoms with Gasteiger partial charge < -0.3 is 5.11 Å². The smallest absolute Gasteiger partial charge is 0.149 e. The van der Waals surface area contributed by atoms with Crippen molar-refractivity contribution in [2.24, 2.45) is 0 Å². The molecule has 54 valence electrons. The first-order valence-electron chi connectivity index (χ1n) is 3.40. The zero-order chi connectivity index (χ0) is 7.68. The van der Waals surface area contributed by atoms with Crippen molar-refractivity contribution in [3.8, 4) is 5.48 Å². The lowest BCUT2D eigenvalue weighted by molar-refractivity contribution is 0.496. The van der Waals surface area contributed by atoms with E-state index in [-0.39, 0.29) is 0 Å². The Morgan fingerprint density at radius 1 is 1.09 bits per heavy atom. The van der Waals surface area contributed by atoms with Crippen LogP contribution in [0, 0.1) is 0 Å². The summed E-state index contributed by atoms with van der Waals surface area (Å²) in [5.41, 5.74) is 0.447. The van der Waals surface area contributed by atoms with Crippen molar-refractivity contribution >= 4 is 19.0 Å². The fourth-order valence-electron chi connectivity index (χ4n) is 1.10. The van der Waals surface area contributed by atoms with Crippen LogP contribution in [0.25, 0.3) is 10.8 Å². The molecule has 0 radical (unpaired) electrons. The van der Waals surface area contributed by atoms with Crippen LogP contribution in [-0.2, 0) is 0 Å². The van der Waals surface area contributed by atoms with Gasteiger partial charge in [0.05, 0.1) is 0 Å². The molecule has 0 saturated carbocycles. The molecule has 0 amide bonds. The van der Waals surface area contributed by atoms with E-state index in [1.807, 2.05) is 36.1 Å². The quantitative estimate of drug-likeness (QED) is 0.630. The summed E-state index contributed by atoms with van der Waals surface area (Å²) in [6.45, 7) is 0. The van der Waals surface area contributed by atoms with Gasteiger partial charge in [0, 0.05) is 5.39 Å². The summed E-state index contributed by atoms with van der Waals surface area (Å²) in [7, 11) is 0.893. The third-order valence-electron chi connectivity index (χ3n) is 1.65. The van der Waals surface area contributed by atoms with E-state index in [0.717, 1.165) is 19.0 Å². The molecule has 0 saturated heterocycles. The van der Waals surface area contributed by atoms with Crippen LogP contribution in [0.1, 0.15) is 0 Å². The highest BCUT2D eigenvalue weighted by Gasteiger charge is 1.95. The van der Waals surface area contributed by atoms with Crippen LogP contribution in [0.4, 0.5) is 0 Å². The lowest BCUT2D eigenvalue weighted by Gasteiger charge is -1.97. The van der Waals surface area contributed by atoms with Crippen molar-refractivity contribution in [3.63, 3.8) is 0 Å². The number of aromatic hydroxyl groups is 1. The predicted molar refractivity (Wildman–Crippen MR) is 48.1 cm³/mol. The molecular weight excluding hydrogens is 155 g/mol. The monoisotopic (exact) mass is 162 g/mol. The molecule has 2 heteroatoms. The molecule has 1 nitrogen and oxygen atoms in total. The molecule has 11 heavy (non-hydrogen) atoms. The molecule has 2 rings (SSSR count). The van der Waals surface area contributed by atoms with Gasteiger partial charge in [-0.25, -0.2) is 0 Å². The Balaban J connectivity index is 2.91. The molecule has 0 fully saturated rings. The maximum Gasteiger partial charge on any atom is 0.149 e. The lowest BCUT2D eigenvalue weighted by atomic mass is 10.2. The Morgan fingerprint density at radius 2 is 1.91 bits per heavy atom. The molecular formula is C9H7OP. The van der Waals surface area contributed by atoms with Crippen molar-refractivity contribution < 1.29 is 5.11 Å². The highest BCUT2D eigenvalue weighted by atomic mass is 31.0. The molecule has 0 spiro atoms. The average molecular weight is 162 g/mol. The van der Waals surface area contributed by atoms with Gasteiger partial charge in [-0.05, 0) is 25.4 Å². The molecule has 0 aliphatic rings. The van der Waals surface area contributed by atoms with E-state index in [0.29, 0.717) is 5.48 Å². The third kappa shape index (κ3) is 1.08. The Morgan fingerprint density at radius 3 is 2.73 bits per heavy atom. The standard InChI is InChI=1S/C9H7OP/c10-9-8-4-2-1-3-7(8)5-6-11-9/h1-6,10H. The van der Waals surface area contributed by atoms with E-state index >= 15 is 0 Å². The second kappa shape index (κ2) is 2.52. The van der Waals surface area contributed by atoms with Gasteiger partial charge in [-0.3, -0.25) is 0 Å². The van der Waals surface area contributed by atoms with E-state index < -0.39 is 0 Å². The van der Waals surface area contributed by atoms with E-state index in [1.54, 1.807) is 0 Å². The minimum absolute atomic E-state index is 0.447. The van der Waals surface area contributed by atoms with Crippen LogP contribution in [0.3, 0.4) is 0 Å². The highest BCUT2D eigenvalue weighted by molar-refractivity contribution is 7.32. The summed E-state index contributed by atoms with van der Waals surface area (Å²) in [5.74, 6) is 1.94. The summed E-state index contributed by atoms with van der Waals surface area (Å²) < 4.78 is 0. The minimum Gasteiger partial charge on any atom is -0.503 e. The van der Waals surface area contributed by atoms with E-state index in [2.05, 4.69) is 0 Å². The second-order valence-electron chi connectivity index (χ2n) is 2.36. The van der Waals surface area contributed by atoms with Crippen molar-refractivity contribution in [2.75, 3.05) is 0 Å². The number of fused-ring (bicyclic) bond motifs is 1. The van der Waals surface area contributed by atoms with Gasteiger partial charge in [-0.15, -0.1) is 0 Å². The second-order valence-corrected chi connectivity index (χ2v) is 3.34. The maximum absolute atomic E-state index is 9.41. The van der Waals surface area contributed by atoms with Crippen LogP contribution in [-0.4, -0.2) is 5.11 Å². The lowest BCUT2D eigenvalue weighted by Crippen LogP contribution is -1.67. The van der Waals surface area contributed by atoms with Crippen LogP contribution >= 0.6 is 8.19 Å². The van der Waals surface area contributed by atoms with E-state index in [1.165, 1.54) is 0 Å². The number of benzene rings is 1. The third-order valence-corrected chi connectivity index (χ3v) is 2.44. The fourth-order valence-corrected chi connectivity index (χ4v) is 1.82. The van der Waals surface area contributed by atoms with Gasteiger partial charge in [-0.2, -0.15) is 0 Å². The molecule has 0 aliphatic heterocycles. The molecule has 1 aromatic heterocycles. The van der Waals surface area contributed by atoms with Gasteiger partial charge in [0.2, 0.25) is 0 Å². The van der Waals surface area contributed by atoms with Crippen molar-refractivity contribution in [3.05, 3.63) is 36.1 Å². The Bertz CT molecular complexity index is 379. The molecule has 1 N–H and O–H groups in total. The summed E-state index contributed by atoms with van der Waals surface area (Å²) in [4.78, 5) is 0. The summed E-state index contributed by atoms with van der Waals surface area (Å²) in [5, 5.41) is 11.5.